The first-order valence-electron chi connectivity index (χ1n) is 5.70. The van der Waals surface area contributed by atoms with Crippen LogP contribution in [-0.2, 0) is 6.42 Å². The van der Waals surface area contributed by atoms with Gasteiger partial charge in [-0.1, -0.05) is 17.7 Å². The first kappa shape index (κ1) is 13.5. The van der Waals surface area contributed by atoms with Gasteiger partial charge in [-0.25, -0.2) is 4.98 Å². The van der Waals surface area contributed by atoms with E-state index in [1.807, 2.05) is 32.0 Å². The van der Waals surface area contributed by atoms with Crippen LogP contribution in [0.2, 0.25) is 5.02 Å². The zero-order valence-corrected chi connectivity index (χ0v) is 11.9. The first-order valence-corrected chi connectivity index (χ1v) is 6.90. The summed E-state index contributed by atoms with van der Waals surface area (Å²) in [7, 11) is 0. The maximum Gasteiger partial charge on any atom is 0.260 e. The highest BCUT2D eigenvalue weighted by Gasteiger charge is 2.09. The molecule has 18 heavy (non-hydrogen) atoms. The van der Waals surface area contributed by atoms with E-state index < -0.39 is 0 Å². The minimum absolute atomic E-state index is 0.602. The predicted octanol–water partition coefficient (Wildman–Crippen LogP) is 3.60. The molecule has 0 saturated heterocycles. The number of oxazole rings is 1. The van der Waals surface area contributed by atoms with E-state index in [0.717, 1.165) is 33.4 Å². The number of hydrogen-bond acceptors (Lipinski definition) is 4. The Morgan fingerprint density at radius 1 is 1.39 bits per heavy atom. The van der Waals surface area contributed by atoms with Crippen LogP contribution in [0.5, 0.6) is 0 Å². The van der Waals surface area contributed by atoms with E-state index in [4.69, 9.17) is 21.8 Å². The van der Waals surface area contributed by atoms with Crippen LogP contribution in [-0.4, -0.2) is 11.5 Å². The molecule has 0 bridgehead atoms. The van der Waals surface area contributed by atoms with E-state index in [0.29, 0.717) is 11.8 Å². The first-order chi connectivity index (χ1) is 8.60. The van der Waals surface area contributed by atoms with Gasteiger partial charge in [-0.2, -0.15) is 0 Å². The standard InChI is InChI=1S/C13H15ClN2OS/c1-8-9(2)17-13(16-8)18-11-4-3-10(5-6-15)12(14)7-11/h3-4,7H,5-6,15H2,1-2H3. The van der Waals surface area contributed by atoms with E-state index in [2.05, 4.69) is 4.98 Å². The molecule has 0 aliphatic heterocycles. The third kappa shape index (κ3) is 3.07. The highest BCUT2D eigenvalue weighted by molar-refractivity contribution is 7.99. The molecule has 3 nitrogen and oxygen atoms in total. The smallest absolute Gasteiger partial charge is 0.260 e. The molecule has 1 heterocycles. The number of nitrogens with two attached hydrogens (primary N) is 1. The Balaban J connectivity index is 2.17. The minimum atomic E-state index is 0.602. The van der Waals surface area contributed by atoms with Crippen LogP contribution >= 0.6 is 23.4 Å². The maximum atomic E-state index is 6.19. The number of halogens is 1. The molecule has 0 saturated carbocycles. The summed E-state index contributed by atoms with van der Waals surface area (Å²) in [5, 5.41) is 1.39. The van der Waals surface area contributed by atoms with E-state index in [1.54, 1.807) is 0 Å². The second-order valence-corrected chi connectivity index (χ2v) is 5.45. The highest BCUT2D eigenvalue weighted by atomic mass is 35.5. The molecule has 2 N–H and O–H groups in total. The van der Waals surface area contributed by atoms with Crippen LogP contribution in [0.1, 0.15) is 17.0 Å². The second-order valence-electron chi connectivity index (χ2n) is 4.02. The Hall–Kier alpha value is -0.970. The lowest BCUT2D eigenvalue weighted by Gasteiger charge is -2.04. The summed E-state index contributed by atoms with van der Waals surface area (Å²) in [4.78, 5) is 5.34. The van der Waals surface area contributed by atoms with Crippen molar-refractivity contribution in [1.29, 1.82) is 0 Å². The van der Waals surface area contributed by atoms with E-state index >= 15 is 0 Å². The summed E-state index contributed by atoms with van der Waals surface area (Å²) in [6.07, 6.45) is 0.793. The summed E-state index contributed by atoms with van der Waals surface area (Å²) in [6.45, 7) is 4.44. The van der Waals surface area contributed by atoms with Gasteiger partial charge in [-0.15, -0.1) is 0 Å². The average Bonchev–Trinajstić information content (AvgIpc) is 2.62. The molecule has 1 aromatic carbocycles. The monoisotopic (exact) mass is 282 g/mol. The number of aryl methyl sites for hydroxylation is 2. The number of hydrogen-bond donors (Lipinski definition) is 1. The Kier molecular flexibility index (Phi) is 4.32. The van der Waals surface area contributed by atoms with Crippen LogP contribution < -0.4 is 5.73 Å². The number of aromatic nitrogens is 1. The quantitative estimate of drug-likeness (QED) is 0.931. The fraction of sp³-hybridized carbons (Fsp3) is 0.308. The SMILES string of the molecule is Cc1nc(Sc2ccc(CCN)c(Cl)c2)oc1C. The molecule has 0 amide bonds. The molecule has 1 aromatic heterocycles. The summed E-state index contributed by atoms with van der Waals surface area (Å²) >= 11 is 7.66. The summed E-state index contributed by atoms with van der Waals surface area (Å²) in [6, 6.07) is 5.93. The van der Waals surface area contributed by atoms with Crippen molar-refractivity contribution in [3.63, 3.8) is 0 Å². The summed E-state index contributed by atoms with van der Waals surface area (Å²) < 4.78 is 5.52. The number of rotatable bonds is 4. The van der Waals surface area contributed by atoms with Crippen molar-refractivity contribution in [3.05, 3.63) is 40.2 Å². The van der Waals surface area contributed by atoms with Gasteiger partial charge in [0.05, 0.1) is 5.69 Å². The molecule has 5 heteroatoms. The van der Waals surface area contributed by atoms with Gasteiger partial charge in [0, 0.05) is 9.92 Å². The van der Waals surface area contributed by atoms with Gasteiger partial charge in [0.2, 0.25) is 0 Å². The van der Waals surface area contributed by atoms with Crippen molar-refractivity contribution in [2.75, 3.05) is 6.54 Å². The third-order valence-electron chi connectivity index (χ3n) is 2.65. The van der Waals surface area contributed by atoms with Crippen molar-refractivity contribution < 1.29 is 4.42 Å². The summed E-state index contributed by atoms with van der Waals surface area (Å²) in [5.41, 5.74) is 7.51. The lowest BCUT2D eigenvalue weighted by atomic mass is 10.1. The largest absolute Gasteiger partial charge is 0.436 e. The fourth-order valence-electron chi connectivity index (χ4n) is 1.54. The van der Waals surface area contributed by atoms with Gasteiger partial charge in [0.1, 0.15) is 5.76 Å². The van der Waals surface area contributed by atoms with Crippen LogP contribution in [0.15, 0.2) is 32.7 Å². The van der Waals surface area contributed by atoms with Gasteiger partial charge in [0.25, 0.3) is 5.22 Å². The fourth-order valence-corrected chi connectivity index (χ4v) is 2.74. The van der Waals surface area contributed by atoms with Crippen LogP contribution in [0.3, 0.4) is 0 Å². The Morgan fingerprint density at radius 2 is 2.17 bits per heavy atom. The molecular formula is C13H15ClN2OS. The average molecular weight is 283 g/mol. The molecule has 96 valence electrons. The maximum absolute atomic E-state index is 6.19. The van der Waals surface area contributed by atoms with Crippen molar-refractivity contribution in [3.8, 4) is 0 Å². The lowest BCUT2D eigenvalue weighted by Crippen LogP contribution is -2.02. The highest BCUT2D eigenvalue weighted by Crippen LogP contribution is 2.31. The van der Waals surface area contributed by atoms with E-state index in [1.165, 1.54) is 11.8 Å². The molecular weight excluding hydrogens is 268 g/mol. The zero-order valence-electron chi connectivity index (χ0n) is 10.4. The number of nitrogens with zero attached hydrogens (tertiary/aromatic N) is 1. The topological polar surface area (TPSA) is 52.0 Å². The van der Waals surface area contributed by atoms with Crippen molar-refractivity contribution >= 4 is 23.4 Å². The van der Waals surface area contributed by atoms with Crippen molar-refractivity contribution in [2.24, 2.45) is 5.73 Å². The molecule has 2 rings (SSSR count). The van der Waals surface area contributed by atoms with Gasteiger partial charge in [0.15, 0.2) is 0 Å². The molecule has 0 aliphatic rings. The normalized spacial score (nSPS) is 10.9. The Morgan fingerprint density at radius 3 is 2.72 bits per heavy atom. The van der Waals surface area contributed by atoms with E-state index in [-0.39, 0.29) is 0 Å². The molecule has 0 atom stereocenters. The van der Waals surface area contributed by atoms with Gasteiger partial charge in [-0.3, -0.25) is 0 Å². The van der Waals surface area contributed by atoms with Gasteiger partial charge in [-0.05, 0) is 56.3 Å². The lowest BCUT2D eigenvalue weighted by molar-refractivity contribution is 0.431. The molecule has 2 aromatic rings. The molecule has 0 fully saturated rings. The second kappa shape index (κ2) is 5.78. The molecule has 0 radical (unpaired) electrons. The molecule has 0 unspecified atom stereocenters. The third-order valence-corrected chi connectivity index (χ3v) is 3.84. The van der Waals surface area contributed by atoms with Gasteiger partial charge >= 0.3 is 0 Å². The van der Waals surface area contributed by atoms with Gasteiger partial charge < -0.3 is 10.2 Å². The minimum Gasteiger partial charge on any atom is -0.436 e. The number of benzene rings is 1. The van der Waals surface area contributed by atoms with Crippen molar-refractivity contribution in [2.45, 2.75) is 30.4 Å². The van der Waals surface area contributed by atoms with Crippen LogP contribution in [0.25, 0.3) is 0 Å². The molecule has 0 spiro atoms. The van der Waals surface area contributed by atoms with Crippen LogP contribution in [0, 0.1) is 13.8 Å². The van der Waals surface area contributed by atoms with Crippen molar-refractivity contribution in [1.82, 2.24) is 4.98 Å². The predicted molar refractivity (Wildman–Crippen MR) is 74.3 cm³/mol. The van der Waals surface area contributed by atoms with E-state index in [9.17, 15) is 0 Å². The zero-order chi connectivity index (χ0) is 13.1. The Bertz CT molecular complexity index is 534. The summed E-state index contributed by atoms with van der Waals surface area (Å²) in [5.74, 6) is 0.850. The molecule has 0 aliphatic carbocycles. The van der Waals surface area contributed by atoms with Crippen LogP contribution in [0.4, 0.5) is 0 Å². The Labute approximate surface area is 116 Å².